The molecule has 3 rings (SSSR count). The summed E-state index contributed by atoms with van der Waals surface area (Å²) < 4.78 is 64.6. The molecule has 10 heteroatoms. The second-order valence-electron chi connectivity index (χ2n) is 7.56. The summed E-state index contributed by atoms with van der Waals surface area (Å²) in [5.74, 6) is -3.18. The van der Waals surface area contributed by atoms with Gasteiger partial charge in [-0.2, -0.15) is 13.2 Å². The molecule has 0 radical (unpaired) electrons. The van der Waals surface area contributed by atoms with E-state index in [-0.39, 0.29) is 24.8 Å². The summed E-state index contributed by atoms with van der Waals surface area (Å²) in [4.78, 5) is 26.2. The zero-order chi connectivity index (χ0) is 23.3. The summed E-state index contributed by atoms with van der Waals surface area (Å²) >= 11 is 0. The van der Waals surface area contributed by atoms with Crippen molar-refractivity contribution in [1.82, 2.24) is 10.2 Å². The summed E-state index contributed by atoms with van der Waals surface area (Å²) in [6.45, 7) is 0.209. The number of benzene rings is 2. The maximum absolute atomic E-state index is 13.2. The monoisotopic (exact) mass is 455 g/mol. The molecule has 0 spiro atoms. The molecule has 1 aliphatic rings. The standard InChI is InChI=1S/C22H22F5N3O2/c23-17-9-8-16(11-18(17)24)29-20(31)12-28-21(32)13-30-10-2-1-3-19(30)14-4-6-15(7-5-14)22(25,26)27/h4-9,11,19H,1-3,10,12-13H2,(H,28,32)(H,29,31). The zero-order valence-electron chi connectivity index (χ0n) is 17.0. The highest BCUT2D eigenvalue weighted by atomic mass is 19.4. The van der Waals surface area contributed by atoms with Crippen LogP contribution < -0.4 is 10.6 Å². The fraction of sp³-hybridized carbons (Fsp3) is 0.364. The average Bonchev–Trinajstić information content (AvgIpc) is 2.75. The normalized spacial score (nSPS) is 17.1. The molecule has 172 valence electrons. The molecule has 1 heterocycles. The third-order valence-electron chi connectivity index (χ3n) is 5.23. The summed E-state index contributed by atoms with van der Waals surface area (Å²) in [6.07, 6.45) is -1.97. The summed E-state index contributed by atoms with van der Waals surface area (Å²) in [5.41, 5.74) is 0.0246. The zero-order valence-corrected chi connectivity index (χ0v) is 17.0. The fourth-order valence-electron chi connectivity index (χ4n) is 3.65. The van der Waals surface area contributed by atoms with Crippen molar-refractivity contribution < 1.29 is 31.5 Å². The van der Waals surface area contributed by atoms with Crippen molar-refractivity contribution in [3.8, 4) is 0 Å². The number of carbonyl (C=O) groups excluding carboxylic acids is 2. The van der Waals surface area contributed by atoms with Crippen LogP contribution in [0, 0.1) is 11.6 Å². The van der Waals surface area contributed by atoms with E-state index in [0.717, 1.165) is 37.1 Å². The number of alkyl halides is 3. The van der Waals surface area contributed by atoms with Crippen molar-refractivity contribution in [2.75, 3.05) is 25.0 Å². The molecule has 1 atom stereocenters. The van der Waals surface area contributed by atoms with E-state index < -0.39 is 35.2 Å². The summed E-state index contributed by atoms with van der Waals surface area (Å²) in [5, 5.41) is 4.82. The molecule has 1 aliphatic heterocycles. The van der Waals surface area contributed by atoms with Gasteiger partial charge in [-0.15, -0.1) is 0 Å². The fourth-order valence-corrected chi connectivity index (χ4v) is 3.65. The third kappa shape index (κ3) is 6.25. The molecule has 0 bridgehead atoms. The van der Waals surface area contributed by atoms with Gasteiger partial charge in [0.2, 0.25) is 11.8 Å². The van der Waals surface area contributed by atoms with Gasteiger partial charge in [0.1, 0.15) is 0 Å². The number of hydrogen-bond donors (Lipinski definition) is 2. The second-order valence-corrected chi connectivity index (χ2v) is 7.56. The van der Waals surface area contributed by atoms with Gasteiger partial charge in [-0.3, -0.25) is 14.5 Å². The Bertz CT molecular complexity index is 963. The predicted octanol–water partition coefficient (Wildman–Crippen LogP) is 4.27. The molecule has 0 aliphatic carbocycles. The van der Waals surface area contributed by atoms with Gasteiger partial charge in [0.05, 0.1) is 18.7 Å². The Labute approximate surface area is 181 Å². The molecule has 5 nitrogen and oxygen atoms in total. The van der Waals surface area contributed by atoms with Crippen molar-refractivity contribution in [1.29, 1.82) is 0 Å². The molecule has 1 saturated heterocycles. The molecule has 2 N–H and O–H groups in total. The molecule has 0 aromatic heterocycles. The van der Waals surface area contributed by atoms with Crippen LogP contribution in [0.4, 0.5) is 27.6 Å². The number of anilines is 1. The predicted molar refractivity (Wildman–Crippen MR) is 108 cm³/mol. The number of likely N-dealkylation sites (tertiary alicyclic amines) is 1. The highest BCUT2D eigenvalue weighted by molar-refractivity contribution is 5.94. The Kier molecular flexibility index (Phi) is 7.44. The van der Waals surface area contributed by atoms with Crippen LogP contribution in [-0.2, 0) is 15.8 Å². The van der Waals surface area contributed by atoms with E-state index in [1.807, 2.05) is 4.90 Å². The molecule has 2 amide bonds. The van der Waals surface area contributed by atoms with Crippen molar-refractivity contribution in [2.24, 2.45) is 0 Å². The van der Waals surface area contributed by atoms with Gasteiger partial charge in [-0.05, 0) is 49.2 Å². The molecular weight excluding hydrogens is 433 g/mol. The lowest BCUT2D eigenvalue weighted by Crippen LogP contribution is -2.43. The summed E-state index contributed by atoms with van der Waals surface area (Å²) in [7, 11) is 0. The van der Waals surface area contributed by atoms with Crippen LogP contribution >= 0.6 is 0 Å². The molecule has 0 saturated carbocycles. The number of halogens is 5. The highest BCUT2D eigenvalue weighted by Gasteiger charge is 2.31. The maximum atomic E-state index is 13.2. The van der Waals surface area contributed by atoms with Crippen LogP contribution in [0.15, 0.2) is 42.5 Å². The van der Waals surface area contributed by atoms with Gasteiger partial charge in [0.25, 0.3) is 0 Å². The van der Waals surface area contributed by atoms with E-state index in [1.165, 1.54) is 18.2 Å². The molecule has 2 aromatic rings. The van der Waals surface area contributed by atoms with E-state index in [2.05, 4.69) is 10.6 Å². The van der Waals surface area contributed by atoms with Crippen molar-refractivity contribution in [2.45, 2.75) is 31.5 Å². The van der Waals surface area contributed by atoms with E-state index >= 15 is 0 Å². The highest BCUT2D eigenvalue weighted by Crippen LogP contribution is 2.34. The van der Waals surface area contributed by atoms with Crippen molar-refractivity contribution in [3.63, 3.8) is 0 Å². The smallest absolute Gasteiger partial charge is 0.346 e. The molecule has 1 fully saturated rings. The van der Waals surface area contributed by atoms with Gasteiger partial charge in [-0.1, -0.05) is 18.6 Å². The molecular formula is C22H22F5N3O2. The maximum Gasteiger partial charge on any atom is 0.416 e. The first-order valence-corrected chi connectivity index (χ1v) is 10.1. The van der Waals surface area contributed by atoms with Gasteiger partial charge in [-0.25, -0.2) is 8.78 Å². The van der Waals surface area contributed by atoms with Crippen LogP contribution in [0.2, 0.25) is 0 Å². The first-order chi connectivity index (χ1) is 15.1. The lowest BCUT2D eigenvalue weighted by atomic mass is 9.94. The van der Waals surface area contributed by atoms with E-state index in [0.29, 0.717) is 18.5 Å². The van der Waals surface area contributed by atoms with Crippen molar-refractivity contribution in [3.05, 3.63) is 65.2 Å². The average molecular weight is 455 g/mol. The van der Waals surface area contributed by atoms with Crippen LogP contribution in [0.5, 0.6) is 0 Å². The van der Waals surface area contributed by atoms with Gasteiger partial charge >= 0.3 is 6.18 Å². The Morgan fingerprint density at radius 2 is 1.69 bits per heavy atom. The minimum absolute atomic E-state index is 0.0237. The lowest BCUT2D eigenvalue weighted by Gasteiger charge is -2.35. The Hall–Kier alpha value is -3.01. The Morgan fingerprint density at radius 1 is 0.969 bits per heavy atom. The largest absolute Gasteiger partial charge is 0.416 e. The topological polar surface area (TPSA) is 61.4 Å². The van der Waals surface area contributed by atoms with E-state index in [1.54, 1.807) is 0 Å². The first-order valence-electron chi connectivity index (χ1n) is 10.1. The minimum atomic E-state index is -4.41. The molecule has 2 aromatic carbocycles. The van der Waals surface area contributed by atoms with Crippen LogP contribution in [0.25, 0.3) is 0 Å². The number of nitrogens with zero attached hydrogens (tertiary/aromatic N) is 1. The molecule has 1 unspecified atom stereocenters. The summed E-state index contributed by atoms with van der Waals surface area (Å²) in [6, 6.07) is 7.63. The van der Waals surface area contributed by atoms with Gasteiger partial charge in [0, 0.05) is 17.8 Å². The SMILES string of the molecule is O=C(CN1CCCCC1c1ccc(C(F)(F)F)cc1)NCC(=O)Nc1ccc(F)c(F)c1. The second kappa shape index (κ2) is 10.1. The number of hydrogen-bond acceptors (Lipinski definition) is 3. The number of nitrogens with one attached hydrogen (secondary N) is 2. The van der Waals surface area contributed by atoms with E-state index in [4.69, 9.17) is 0 Å². The van der Waals surface area contributed by atoms with E-state index in [9.17, 15) is 31.5 Å². The van der Waals surface area contributed by atoms with Crippen molar-refractivity contribution >= 4 is 17.5 Å². The molecule has 32 heavy (non-hydrogen) atoms. The lowest BCUT2D eigenvalue weighted by molar-refractivity contribution is -0.137. The van der Waals surface area contributed by atoms with Gasteiger partial charge in [0.15, 0.2) is 11.6 Å². The van der Waals surface area contributed by atoms with Crippen LogP contribution in [0.1, 0.15) is 36.4 Å². The van der Waals surface area contributed by atoms with Crippen LogP contribution in [0.3, 0.4) is 0 Å². The number of piperidine rings is 1. The first kappa shape index (κ1) is 23.6. The third-order valence-corrected chi connectivity index (χ3v) is 5.23. The Morgan fingerprint density at radius 3 is 2.34 bits per heavy atom. The number of amides is 2. The minimum Gasteiger partial charge on any atom is -0.346 e. The van der Waals surface area contributed by atoms with Crippen LogP contribution in [-0.4, -0.2) is 36.3 Å². The van der Waals surface area contributed by atoms with Gasteiger partial charge < -0.3 is 10.6 Å². The number of rotatable bonds is 6. The Balaban J connectivity index is 1.54. The number of carbonyl (C=O) groups is 2. The quantitative estimate of drug-likeness (QED) is 0.640.